The number of hydrogen-bond acceptors (Lipinski definition) is 0. The topological polar surface area (TPSA) is 0 Å². The highest BCUT2D eigenvalue weighted by molar-refractivity contribution is 7.91. The van der Waals surface area contributed by atoms with E-state index in [4.69, 9.17) is 0 Å². The van der Waals surface area contributed by atoms with Crippen molar-refractivity contribution < 1.29 is 0 Å². The van der Waals surface area contributed by atoms with Crippen molar-refractivity contribution in [2.75, 3.05) is 0 Å². The fourth-order valence-corrected chi connectivity index (χ4v) is 3.39. The first-order valence-electron chi connectivity index (χ1n) is 2.65. The molecule has 0 unspecified atom stereocenters. The number of hydrogen-bond donors (Lipinski definition) is 0. The number of aryl methyl sites for hydroxylation is 2. The molecule has 0 atom stereocenters. The first-order valence-corrected chi connectivity index (χ1v) is 5.14. The Hall–Kier alpha value is 0.210. The average molecular weight is 143 g/mol. The zero-order valence-corrected chi connectivity index (χ0v) is 7.18. The molecule has 0 spiro atoms. The van der Waals surface area contributed by atoms with Crippen LogP contribution in [-0.4, -0.2) is 0 Å². The summed E-state index contributed by atoms with van der Waals surface area (Å²) < 4.78 is 0. The molecule has 0 radical (unpaired) electrons. The van der Waals surface area contributed by atoms with Crippen molar-refractivity contribution in [1.82, 2.24) is 0 Å². The van der Waals surface area contributed by atoms with Gasteiger partial charge in [-0.1, -0.05) is 17.8 Å². The molecule has 1 rings (SSSR count). The van der Waals surface area contributed by atoms with Gasteiger partial charge in [0.25, 0.3) is 0 Å². The molecule has 0 nitrogen and oxygen atoms in total. The van der Waals surface area contributed by atoms with Crippen LogP contribution < -0.4 is 0 Å². The summed E-state index contributed by atoms with van der Waals surface area (Å²) in [4.78, 5) is 0. The third kappa shape index (κ3) is 0.966. The second-order valence-corrected chi connectivity index (χ2v) is 4.94. The quantitative estimate of drug-likeness (QED) is 0.521. The van der Waals surface area contributed by atoms with Crippen LogP contribution in [0.3, 0.4) is 0 Å². The van der Waals surface area contributed by atoms with Crippen LogP contribution in [-0.2, 0) is 0 Å². The second kappa shape index (κ2) is 2.21. The summed E-state index contributed by atoms with van der Waals surface area (Å²) in [6.45, 7) is 6.62. The SMILES string of the molecule is Cc1p[p-]c(C)c1C. The molecule has 1 aromatic heterocycles. The van der Waals surface area contributed by atoms with Crippen molar-refractivity contribution in [2.45, 2.75) is 20.8 Å². The minimum Gasteiger partial charge on any atom is -0.493 e. The van der Waals surface area contributed by atoms with E-state index in [9.17, 15) is 0 Å². The van der Waals surface area contributed by atoms with Crippen LogP contribution in [0.2, 0.25) is 0 Å². The summed E-state index contributed by atoms with van der Waals surface area (Å²) in [6, 6.07) is 0. The highest BCUT2D eigenvalue weighted by Gasteiger charge is 1.85. The van der Waals surface area contributed by atoms with Crippen molar-refractivity contribution >= 4 is 15.7 Å². The van der Waals surface area contributed by atoms with Crippen molar-refractivity contribution in [3.8, 4) is 0 Å². The minimum atomic E-state index is 1.49. The zero-order chi connectivity index (χ0) is 6.15. The Balaban J connectivity index is 3.19. The largest absolute Gasteiger partial charge is 0.493 e. The van der Waals surface area contributed by atoms with Gasteiger partial charge < -0.3 is 7.87 Å². The highest BCUT2D eigenvalue weighted by atomic mass is 31.8. The molecular formula is C6H9P2-. The Labute approximate surface area is 53.4 Å². The fourth-order valence-electron chi connectivity index (χ4n) is 0.562. The van der Waals surface area contributed by atoms with Gasteiger partial charge in [0, 0.05) is 0 Å². The monoisotopic (exact) mass is 143 g/mol. The van der Waals surface area contributed by atoms with Gasteiger partial charge in [0.1, 0.15) is 0 Å². The Morgan fingerprint density at radius 2 is 1.88 bits per heavy atom. The Bertz CT molecular complexity index is 169. The Morgan fingerprint density at radius 1 is 1.25 bits per heavy atom. The van der Waals surface area contributed by atoms with Gasteiger partial charge in [0.05, 0.1) is 0 Å². The Kier molecular flexibility index (Phi) is 1.75. The highest BCUT2D eigenvalue weighted by Crippen LogP contribution is 2.34. The minimum absolute atomic E-state index is 1.49. The van der Waals surface area contributed by atoms with Crippen LogP contribution in [0.25, 0.3) is 0 Å². The molecular weight excluding hydrogens is 134 g/mol. The molecule has 44 valence electrons. The van der Waals surface area contributed by atoms with Crippen molar-refractivity contribution in [3.05, 3.63) is 16.2 Å². The molecule has 0 aliphatic heterocycles. The molecule has 1 heterocycles. The lowest BCUT2D eigenvalue weighted by Gasteiger charge is -1.95. The standard InChI is InChI=1S/C6H9P2/c1-4-5(2)7-8-6(4)3/h1-3H3/q-1. The summed E-state index contributed by atoms with van der Waals surface area (Å²) in [7, 11) is 2.99. The van der Waals surface area contributed by atoms with E-state index in [1.807, 2.05) is 0 Å². The van der Waals surface area contributed by atoms with Crippen LogP contribution in [0.1, 0.15) is 16.2 Å². The first kappa shape index (κ1) is 6.33. The zero-order valence-electron chi connectivity index (χ0n) is 5.39. The van der Waals surface area contributed by atoms with Gasteiger partial charge in [0.15, 0.2) is 0 Å². The predicted molar refractivity (Wildman–Crippen MR) is 41.3 cm³/mol. The maximum absolute atomic E-state index is 2.21. The third-order valence-corrected chi connectivity index (χ3v) is 4.91. The van der Waals surface area contributed by atoms with Gasteiger partial charge in [-0.3, -0.25) is 7.87 Å². The van der Waals surface area contributed by atoms with Gasteiger partial charge in [0.2, 0.25) is 0 Å². The van der Waals surface area contributed by atoms with Gasteiger partial charge in [-0.05, 0) is 13.8 Å². The third-order valence-electron chi connectivity index (χ3n) is 1.44. The van der Waals surface area contributed by atoms with Gasteiger partial charge >= 0.3 is 0 Å². The van der Waals surface area contributed by atoms with Gasteiger partial charge in [-0.15, -0.1) is 0 Å². The predicted octanol–water partition coefficient (Wildman–Crippen LogP) is 3.49. The normalized spacial score (nSPS) is 11.9. The molecule has 0 aliphatic rings. The molecule has 0 saturated heterocycles. The smallest absolute Gasteiger partial charge is 0.0378 e. The maximum atomic E-state index is 2.21. The van der Waals surface area contributed by atoms with Crippen LogP contribution in [0.15, 0.2) is 0 Å². The molecule has 0 saturated carbocycles. The lowest BCUT2D eigenvalue weighted by Crippen LogP contribution is -1.69. The molecule has 0 fully saturated rings. The Morgan fingerprint density at radius 3 is 2.00 bits per heavy atom. The lowest BCUT2D eigenvalue weighted by atomic mass is 10.3. The molecule has 0 N–H and O–H groups in total. The molecule has 0 bridgehead atoms. The van der Waals surface area contributed by atoms with Crippen LogP contribution in [0, 0.1) is 20.8 Å². The van der Waals surface area contributed by atoms with E-state index in [1.165, 1.54) is 21.3 Å². The summed E-state index contributed by atoms with van der Waals surface area (Å²) in [5.41, 5.74) is 1.52. The van der Waals surface area contributed by atoms with E-state index >= 15 is 0 Å². The van der Waals surface area contributed by atoms with Crippen molar-refractivity contribution in [3.63, 3.8) is 0 Å². The van der Waals surface area contributed by atoms with E-state index in [-0.39, 0.29) is 0 Å². The maximum Gasteiger partial charge on any atom is -0.0378 e. The molecule has 0 aromatic carbocycles. The van der Waals surface area contributed by atoms with E-state index in [0.717, 1.165) is 0 Å². The summed E-state index contributed by atoms with van der Waals surface area (Å²) in [5.74, 6) is 0. The van der Waals surface area contributed by atoms with Crippen molar-refractivity contribution in [1.29, 1.82) is 0 Å². The van der Waals surface area contributed by atoms with E-state index in [0.29, 0.717) is 0 Å². The summed E-state index contributed by atoms with van der Waals surface area (Å²) in [6.07, 6.45) is 0. The molecule has 2 heteroatoms. The first-order chi connectivity index (χ1) is 3.72. The van der Waals surface area contributed by atoms with E-state index in [2.05, 4.69) is 20.8 Å². The average Bonchev–Trinajstić information content (AvgIpc) is 1.98. The lowest BCUT2D eigenvalue weighted by molar-refractivity contribution is 1.38. The number of rotatable bonds is 0. The fraction of sp³-hybridized carbons (Fsp3) is 0.500. The van der Waals surface area contributed by atoms with Crippen LogP contribution >= 0.6 is 15.7 Å². The summed E-state index contributed by atoms with van der Waals surface area (Å²) in [5, 5.41) is 3.09. The molecule has 8 heavy (non-hydrogen) atoms. The van der Waals surface area contributed by atoms with Crippen LogP contribution in [0.4, 0.5) is 0 Å². The second-order valence-electron chi connectivity index (χ2n) is 2.00. The molecule has 0 amide bonds. The van der Waals surface area contributed by atoms with E-state index in [1.54, 1.807) is 10.6 Å². The molecule has 0 aliphatic carbocycles. The molecule has 1 aromatic rings. The van der Waals surface area contributed by atoms with E-state index < -0.39 is 0 Å². The van der Waals surface area contributed by atoms with Gasteiger partial charge in [-0.2, -0.15) is 0 Å². The summed E-state index contributed by atoms with van der Waals surface area (Å²) >= 11 is 0. The van der Waals surface area contributed by atoms with Crippen LogP contribution in [0.5, 0.6) is 0 Å². The van der Waals surface area contributed by atoms with Gasteiger partial charge in [-0.25, -0.2) is 5.30 Å². The van der Waals surface area contributed by atoms with Crippen molar-refractivity contribution in [2.24, 2.45) is 0 Å².